The molecule has 0 N–H and O–H groups in total. The number of carbonyl (C=O) groups excluding carboxylic acids is 1. The van der Waals surface area contributed by atoms with Crippen molar-refractivity contribution in [2.45, 2.75) is 20.3 Å². The van der Waals surface area contributed by atoms with Crippen LogP contribution in [0.3, 0.4) is 0 Å². The van der Waals surface area contributed by atoms with Gasteiger partial charge in [-0.2, -0.15) is 0 Å². The minimum Gasteiger partial charge on any atom is -0.496 e. The molecular formula is C15H20O4. The second kappa shape index (κ2) is 5.21. The van der Waals surface area contributed by atoms with E-state index in [4.69, 9.17) is 14.2 Å². The lowest BCUT2D eigenvalue weighted by molar-refractivity contribution is -0.182. The molecule has 1 heterocycles. The summed E-state index contributed by atoms with van der Waals surface area (Å²) in [6.45, 7) is 4.89. The summed E-state index contributed by atoms with van der Waals surface area (Å²) in [7, 11) is 3.07. The van der Waals surface area contributed by atoms with E-state index in [1.54, 1.807) is 7.11 Å². The highest BCUT2D eigenvalue weighted by Crippen LogP contribution is 2.37. The number of hydrogen-bond acceptors (Lipinski definition) is 4. The summed E-state index contributed by atoms with van der Waals surface area (Å²) < 4.78 is 15.6. The predicted molar refractivity (Wildman–Crippen MR) is 71.4 cm³/mol. The Hall–Kier alpha value is -1.55. The van der Waals surface area contributed by atoms with E-state index in [-0.39, 0.29) is 5.97 Å². The molecule has 0 unspecified atom stereocenters. The van der Waals surface area contributed by atoms with Crippen molar-refractivity contribution in [3.63, 3.8) is 0 Å². The number of rotatable bonds is 4. The van der Waals surface area contributed by atoms with Crippen LogP contribution < -0.4 is 4.74 Å². The lowest BCUT2D eigenvalue weighted by Crippen LogP contribution is -2.51. The molecule has 0 amide bonds. The minimum atomic E-state index is -0.554. The summed E-state index contributed by atoms with van der Waals surface area (Å²) in [5, 5.41) is 0. The highest BCUT2D eigenvalue weighted by Gasteiger charge is 2.47. The standard InChI is InChI=1S/C15H20O4/c1-10-5-11(2)12(13(6-10)17-3)7-15(8-19-9-15)14(16)18-4/h5-6H,7-9H2,1-4H3. The molecule has 104 valence electrons. The molecule has 0 radical (unpaired) electrons. The monoisotopic (exact) mass is 264 g/mol. The normalized spacial score (nSPS) is 16.6. The van der Waals surface area contributed by atoms with E-state index in [1.807, 2.05) is 19.9 Å². The van der Waals surface area contributed by atoms with E-state index < -0.39 is 5.41 Å². The molecule has 19 heavy (non-hydrogen) atoms. The van der Waals surface area contributed by atoms with Crippen molar-refractivity contribution in [1.82, 2.24) is 0 Å². The first kappa shape index (κ1) is 13.9. The van der Waals surface area contributed by atoms with Gasteiger partial charge in [0.1, 0.15) is 11.2 Å². The van der Waals surface area contributed by atoms with Crippen LogP contribution in [0.1, 0.15) is 16.7 Å². The van der Waals surface area contributed by atoms with Crippen LogP contribution in [0, 0.1) is 19.3 Å². The number of esters is 1. The lowest BCUT2D eigenvalue weighted by Gasteiger charge is -2.39. The van der Waals surface area contributed by atoms with Crippen LogP contribution in [0.15, 0.2) is 12.1 Å². The largest absolute Gasteiger partial charge is 0.496 e. The van der Waals surface area contributed by atoms with E-state index in [2.05, 4.69) is 6.07 Å². The summed E-state index contributed by atoms with van der Waals surface area (Å²) in [4.78, 5) is 12.0. The average Bonchev–Trinajstić information content (AvgIpc) is 2.34. The van der Waals surface area contributed by atoms with Crippen LogP contribution in [0.5, 0.6) is 5.75 Å². The molecule has 0 aromatic heterocycles. The summed E-state index contributed by atoms with van der Waals surface area (Å²) >= 11 is 0. The van der Waals surface area contributed by atoms with Crippen LogP contribution >= 0.6 is 0 Å². The fraction of sp³-hybridized carbons (Fsp3) is 0.533. The first-order valence-electron chi connectivity index (χ1n) is 6.33. The van der Waals surface area contributed by atoms with Crippen LogP contribution in [0.4, 0.5) is 0 Å². The minimum absolute atomic E-state index is 0.208. The highest BCUT2D eigenvalue weighted by atomic mass is 16.5. The van der Waals surface area contributed by atoms with Gasteiger partial charge >= 0.3 is 5.97 Å². The topological polar surface area (TPSA) is 44.8 Å². The summed E-state index contributed by atoms with van der Waals surface area (Å²) in [5.74, 6) is 0.619. The second-order valence-electron chi connectivity index (χ2n) is 5.20. The molecule has 4 heteroatoms. The summed E-state index contributed by atoms with van der Waals surface area (Å²) in [6, 6.07) is 4.09. The maximum absolute atomic E-state index is 12.0. The lowest BCUT2D eigenvalue weighted by atomic mass is 9.78. The Balaban J connectivity index is 2.35. The van der Waals surface area contributed by atoms with E-state index in [0.29, 0.717) is 19.6 Å². The first-order chi connectivity index (χ1) is 9.02. The van der Waals surface area contributed by atoms with Crippen molar-refractivity contribution in [3.05, 3.63) is 28.8 Å². The molecular weight excluding hydrogens is 244 g/mol. The number of methoxy groups -OCH3 is 2. The van der Waals surface area contributed by atoms with Gasteiger partial charge < -0.3 is 14.2 Å². The second-order valence-corrected chi connectivity index (χ2v) is 5.20. The van der Waals surface area contributed by atoms with Gasteiger partial charge in [0, 0.05) is 0 Å². The Bertz CT molecular complexity index is 489. The number of ether oxygens (including phenoxy) is 3. The van der Waals surface area contributed by atoms with E-state index in [1.165, 1.54) is 7.11 Å². The van der Waals surface area contributed by atoms with E-state index in [0.717, 1.165) is 22.4 Å². The van der Waals surface area contributed by atoms with Crippen LogP contribution in [0.2, 0.25) is 0 Å². The van der Waals surface area contributed by atoms with Crippen LogP contribution in [0.25, 0.3) is 0 Å². The van der Waals surface area contributed by atoms with Crippen molar-refractivity contribution >= 4 is 5.97 Å². The zero-order chi connectivity index (χ0) is 14.0. The number of hydrogen-bond donors (Lipinski definition) is 0. The third-order valence-electron chi connectivity index (χ3n) is 3.69. The molecule has 0 atom stereocenters. The molecule has 2 rings (SSSR count). The summed E-state index contributed by atoms with van der Waals surface area (Å²) in [5.41, 5.74) is 2.78. The van der Waals surface area contributed by atoms with Gasteiger partial charge in [-0.3, -0.25) is 4.79 Å². The molecule has 4 nitrogen and oxygen atoms in total. The van der Waals surface area contributed by atoms with Crippen molar-refractivity contribution in [2.75, 3.05) is 27.4 Å². The van der Waals surface area contributed by atoms with Gasteiger partial charge in [0.15, 0.2) is 0 Å². The van der Waals surface area contributed by atoms with Crippen molar-refractivity contribution in [2.24, 2.45) is 5.41 Å². The molecule has 0 aliphatic carbocycles. The molecule has 0 spiro atoms. The quantitative estimate of drug-likeness (QED) is 0.781. The molecule has 1 fully saturated rings. The Labute approximate surface area is 113 Å². The Kier molecular flexibility index (Phi) is 3.80. The van der Waals surface area contributed by atoms with E-state index >= 15 is 0 Å². The molecule has 1 saturated heterocycles. The Morgan fingerprint density at radius 1 is 1.32 bits per heavy atom. The third-order valence-corrected chi connectivity index (χ3v) is 3.69. The van der Waals surface area contributed by atoms with Crippen molar-refractivity contribution in [1.29, 1.82) is 0 Å². The molecule has 1 aliphatic heterocycles. The average molecular weight is 264 g/mol. The maximum atomic E-state index is 12.0. The Morgan fingerprint density at radius 2 is 2.00 bits per heavy atom. The number of benzene rings is 1. The van der Waals surface area contributed by atoms with Gasteiger partial charge in [-0.25, -0.2) is 0 Å². The van der Waals surface area contributed by atoms with Crippen molar-refractivity contribution < 1.29 is 19.0 Å². The fourth-order valence-corrected chi connectivity index (χ4v) is 2.56. The maximum Gasteiger partial charge on any atom is 0.316 e. The van der Waals surface area contributed by atoms with Crippen LogP contribution in [-0.2, 0) is 20.7 Å². The zero-order valence-corrected chi connectivity index (χ0v) is 11.9. The van der Waals surface area contributed by atoms with Gasteiger partial charge in [0.2, 0.25) is 0 Å². The molecule has 0 saturated carbocycles. The van der Waals surface area contributed by atoms with Gasteiger partial charge in [0.25, 0.3) is 0 Å². The molecule has 1 aliphatic rings. The summed E-state index contributed by atoms with van der Waals surface area (Å²) in [6.07, 6.45) is 0.592. The number of carbonyl (C=O) groups is 1. The fourth-order valence-electron chi connectivity index (χ4n) is 2.56. The Morgan fingerprint density at radius 3 is 2.47 bits per heavy atom. The molecule has 1 aromatic rings. The first-order valence-corrected chi connectivity index (χ1v) is 6.33. The van der Waals surface area contributed by atoms with E-state index in [9.17, 15) is 4.79 Å². The number of aryl methyl sites for hydroxylation is 2. The van der Waals surface area contributed by atoms with Crippen LogP contribution in [-0.4, -0.2) is 33.4 Å². The highest BCUT2D eigenvalue weighted by molar-refractivity contribution is 5.78. The predicted octanol–water partition coefficient (Wildman–Crippen LogP) is 2.04. The van der Waals surface area contributed by atoms with Gasteiger partial charge in [0.05, 0.1) is 27.4 Å². The van der Waals surface area contributed by atoms with Gasteiger partial charge in [-0.05, 0) is 43.0 Å². The van der Waals surface area contributed by atoms with Gasteiger partial charge in [-0.15, -0.1) is 0 Å². The zero-order valence-electron chi connectivity index (χ0n) is 11.9. The third kappa shape index (κ3) is 2.45. The SMILES string of the molecule is COC(=O)C1(Cc2c(C)cc(C)cc2OC)COC1. The molecule has 0 bridgehead atoms. The smallest absolute Gasteiger partial charge is 0.316 e. The van der Waals surface area contributed by atoms with Gasteiger partial charge in [-0.1, -0.05) is 6.07 Å². The van der Waals surface area contributed by atoms with Crippen molar-refractivity contribution in [3.8, 4) is 5.75 Å². The molecule has 1 aromatic carbocycles.